The van der Waals surface area contributed by atoms with Crippen LogP contribution in [0.25, 0.3) is 0 Å². The predicted octanol–water partition coefficient (Wildman–Crippen LogP) is 2.67. The monoisotopic (exact) mass is 402 g/mol. The highest BCUT2D eigenvalue weighted by molar-refractivity contribution is 7.99. The molecule has 0 aliphatic rings. The van der Waals surface area contributed by atoms with Gasteiger partial charge in [-0.05, 0) is 24.3 Å². The number of rotatable bonds is 9. The number of methoxy groups -OCH3 is 1. The Labute approximate surface area is 162 Å². The third kappa shape index (κ3) is 7.58. The topological polar surface area (TPSA) is 76.1 Å². The van der Waals surface area contributed by atoms with Crippen molar-refractivity contribution >= 4 is 41.7 Å². The van der Waals surface area contributed by atoms with Crippen molar-refractivity contribution in [3.8, 4) is 0 Å². The normalized spacial score (nSPS) is 10.2. The summed E-state index contributed by atoms with van der Waals surface area (Å²) >= 11 is 7.52. The Balaban J connectivity index is 0.00000312. The minimum absolute atomic E-state index is 0. The highest BCUT2D eigenvalue weighted by atomic mass is 35.5. The number of hydrogen-bond acceptors (Lipinski definition) is 6. The molecule has 1 aromatic carbocycles. The first-order valence-electron chi connectivity index (χ1n) is 7.44. The number of halogens is 2. The van der Waals surface area contributed by atoms with Crippen LogP contribution < -0.4 is 10.6 Å². The SMILES string of the molecule is COCCNCCNC(=O)c1ccc(Sc2ccccc2Cl)nn1.Cl. The molecule has 136 valence electrons. The fourth-order valence-electron chi connectivity index (χ4n) is 1.79. The number of amides is 1. The van der Waals surface area contributed by atoms with E-state index in [-0.39, 0.29) is 24.0 Å². The van der Waals surface area contributed by atoms with Gasteiger partial charge >= 0.3 is 0 Å². The number of ether oxygens (including phenoxy) is 1. The van der Waals surface area contributed by atoms with Crippen LogP contribution in [-0.4, -0.2) is 49.5 Å². The van der Waals surface area contributed by atoms with Gasteiger partial charge in [0.05, 0.1) is 11.6 Å². The van der Waals surface area contributed by atoms with Crippen LogP contribution in [0.2, 0.25) is 5.02 Å². The molecule has 1 amide bonds. The van der Waals surface area contributed by atoms with Gasteiger partial charge in [-0.1, -0.05) is 35.5 Å². The third-order valence-electron chi connectivity index (χ3n) is 2.99. The molecule has 2 rings (SSSR count). The second kappa shape index (κ2) is 12.1. The predicted molar refractivity (Wildman–Crippen MR) is 102 cm³/mol. The number of nitrogens with zero attached hydrogens (tertiary/aromatic N) is 2. The van der Waals surface area contributed by atoms with Crippen molar-refractivity contribution in [2.24, 2.45) is 0 Å². The highest BCUT2D eigenvalue weighted by Crippen LogP contribution is 2.31. The number of carbonyl (C=O) groups excluding carboxylic acids is 1. The van der Waals surface area contributed by atoms with Crippen molar-refractivity contribution < 1.29 is 9.53 Å². The van der Waals surface area contributed by atoms with Gasteiger partial charge in [-0.2, -0.15) is 0 Å². The van der Waals surface area contributed by atoms with E-state index >= 15 is 0 Å². The maximum absolute atomic E-state index is 12.0. The lowest BCUT2D eigenvalue weighted by atomic mass is 10.3. The van der Waals surface area contributed by atoms with E-state index in [0.29, 0.717) is 29.7 Å². The highest BCUT2D eigenvalue weighted by Gasteiger charge is 2.09. The maximum Gasteiger partial charge on any atom is 0.271 e. The number of hydrogen-bond donors (Lipinski definition) is 2. The molecule has 0 spiro atoms. The van der Waals surface area contributed by atoms with Crippen LogP contribution >= 0.6 is 35.8 Å². The average molecular weight is 403 g/mol. The van der Waals surface area contributed by atoms with Crippen molar-refractivity contribution in [2.45, 2.75) is 9.92 Å². The zero-order chi connectivity index (χ0) is 17.2. The second-order valence-corrected chi connectivity index (χ2v) is 6.26. The van der Waals surface area contributed by atoms with E-state index in [9.17, 15) is 4.79 Å². The van der Waals surface area contributed by atoms with Gasteiger partial charge < -0.3 is 15.4 Å². The van der Waals surface area contributed by atoms with E-state index in [2.05, 4.69) is 20.8 Å². The molecule has 0 unspecified atom stereocenters. The van der Waals surface area contributed by atoms with E-state index < -0.39 is 0 Å². The van der Waals surface area contributed by atoms with Gasteiger partial charge in [0, 0.05) is 31.6 Å². The zero-order valence-corrected chi connectivity index (χ0v) is 16.1. The Hall–Kier alpha value is -1.38. The van der Waals surface area contributed by atoms with Crippen LogP contribution in [0, 0.1) is 0 Å². The Morgan fingerprint density at radius 1 is 1.16 bits per heavy atom. The molecule has 0 aliphatic heterocycles. The first-order valence-corrected chi connectivity index (χ1v) is 8.64. The van der Waals surface area contributed by atoms with E-state index in [1.54, 1.807) is 19.2 Å². The van der Waals surface area contributed by atoms with Gasteiger partial charge in [-0.25, -0.2) is 0 Å². The lowest BCUT2D eigenvalue weighted by molar-refractivity contribution is 0.0947. The first kappa shape index (κ1) is 21.7. The molecule has 0 saturated heterocycles. The van der Waals surface area contributed by atoms with Crippen LogP contribution in [0.4, 0.5) is 0 Å². The first-order chi connectivity index (χ1) is 11.7. The van der Waals surface area contributed by atoms with E-state index in [1.807, 2.05) is 24.3 Å². The summed E-state index contributed by atoms with van der Waals surface area (Å²) in [5.41, 5.74) is 0.287. The summed E-state index contributed by atoms with van der Waals surface area (Å²) in [6, 6.07) is 10.9. The van der Waals surface area contributed by atoms with Crippen molar-refractivity contribution in [1.82, 2.24) is 20.8 Å². The van der Waals surface area contributed by atoms with Gasteiger partial charge in [0.1, 0.15) is 5.03 Å². The molecule has 1 heterocycles. The molecule has 2 N–H and O–H groups in total. The molecule has 25 heavy (non-hydrogen) atoms. The average Bonchev–Trinajstić information content (AvgIpc) is 2.60. The number of nitrogens with one attached hydrogen (secondary N) is 2. The summed E-state index contributed by atoms with van der Waals surface area (Å²) in [4.78, 5) is 12.9. The number of carbonyl (C=O) groups is 1. The Morgan fingerprint density at radius 2 is 1.96 bits per heavy atom. The zero-order valence-electron chi connectivity index (χ0n) is 13.7. The quantitative estimate of drug-likeness (QED) is 0.627. The largest absolute Gasteiger partial charge is 0.383 e. The minimum Gasteiger partial charge on any atom is -0.383 e. The molecule has 0 fully saturated rings. The molecule has 2 aromatic rings. The van der Waals surface area contributed by atoms with Crippen molar-refractivity contribution in [2.75, 3.05) is 33.4 Å². The summed E-state index contributed by atoms with van der Waals surface area (Å²) in [7, 11) is 1.65. The molecule has 0 radical (unpaired) electrons. The van der Waals surface area contributed by atoms with Crippen LogP contribution in [0.3, 0.4) is 0 Å². The molecule has 9 heteroatoms. The summed E-state index contributed by atoms with van der Waals surface area (Å²) < 4.78 is 4.92. The standard InChI is InChI=1S/C16H19ClN4O2S.ClH/c1-23-11-10-18-8-9-19-16(22)13-6-7-15(21-20-13)24-14-5-3-2-4-12(14)17;/h2-7,18H,8-11H2,1H3,(H,19,22);1H. The van der Waals surface area contributed by atoms with Gasteiger partial charge in [0.2, 0.25) is 0 Å². The summed E-state index contributed by atoms with van der Waals surface area (Å²) in [5, 5.41) is 15.3. The molecular weight excluding hydrogens is 383 g/mol. The molecule has 1 aromatic heterocycles. The summed E-state index contributed by atoms with van der Waals surface area (Å²) in [5.74, 6) is -0.245. The number of benzene rings is 1. The smallest absolute Gasteiger partial charge is 0.271 e. The minimum atomic E-state index is -0.245. The van der Waals surface area contributed by atoms with Gasteiger partial charge in [0.15, 0.2) is 5.69 Å². The molecule has 0 bridgehead atoms. The summed E-state index contributed by atoms with van der Waals surface area (Å²) in [6.45, 7) is 2.58. The fraction of sp³-hybridized carbons (Fsp3) is 0.312. The van der Waals surface area contributed by atoms with E-state index in [4.69, 9.17) is 16.3 Å². The molecule has 6 nitrogen and oxygen atoms in total. The Kier molecular flexibility index (Phi) is 10.4. The van der Waals surface area contributed by atoms with Gasteiger partial charge in [-0.15, -0.1) is 22.6 Å². The van der Waals surface area contributed by atoms with Crippen LogP contribution in [0.1, 0.15) is 10.5 Å². The molecular formula is C16H20Cl2N4O2S. The Bertz CT molecular complexity index is 659. The Morgan fingerprint density at radius 3 is 2.64 bits per heavy atom. The van der Waals surface area contributed by atoms with Crippen LogP contribution in [0.5, 0.6) is 0 Å². The third-order valence-corrected chi connectivity index (χ3v) is 4.44. The van der Waals surface area contributed by atoms with E-state index in [0.717, 1.165) is 11.4 Å². The van der Waals surface area contributed by atoms with Gasteiger partial charge in [-0.3, -0.25) is 4.79 Å². The summed E-state index contributed by atoms with van der Waals surface area (Å²) in [6.07, 6.45) is 0. The van der Waals surface area contributed by atoms with Gasteiger partial charge in [0.25, 0.3) is 5.91 Å². The second-order valence-electron chi connectivity index (χ2n) is 4.79. The lowest BCUT2D eigenvalue weighted by Crippen LogP contribution is -2.33. The van der Waals surface area contributed by atoms with Crippen LogP contribution in [0.15, 0.2) is 46.3 Å². The lowest BCUT2D eigenvalue weighted by Gasteiger charge is -2.06. The maximum atomic E-state index is 12.0. The number of aromatic nitrogens is 2. The van der Waals surface area contributed by atoms with E-state index in [1.165, 1.54) is 11.8 Å². The molecule has 0 atom stereocenters. The van der Waals surface area contributed by atoms with Crippen molar-refractivity contribution in [3.05, 3.63) is 47.1 Å². The fourth-order valence-corrected chi connectivity index (χ4v) is 2.80. The van der Waals surface area contributed by atoms with Crippen LogP contribution in [-0.2, 0) is 4.74 Å². The van der Waals surface area contributed by atoms with Crippen molar-refractivity contribution in [1.29, 1.82) is 0 Å². The molecule has 0 saturated carbocycles. The van der Waals surface area contributed by atoms with Crippen molar-refractivity contribution in [3.63, 3.8) is 0 Å². The molecule has 0 aliphatic carbocycles.